The third kappa shape index (κ3) is 3.80. The summed E-state index contributed by atoms with van der Waals surface area (Å²) in [5, 5.41) is 3.62. The Balaban J connectivity index is 1.96. The van der Waals surface area contributed by atoms with Crippen LogP contribution in [0, 0.1) is 5.82 Å². The molecule has 1 aromatic carbocycles. The van der Waals surface area contributed by atoms with E-state index in [0.29, 0.717) is 12.1 Å². The number of nitrogens with one attached hydrogen (secondary N) is 1. The molecule has 1 aromatic rings. The smallest absolute Gasteiger partial charge is 0.123 e. The monoisotopic (exact) mass is 278 g/mol. The Morgan fingerprint density at radius 1 is 1.45 bits per heavy atom. The van der Waals surface area contributed by atoms with Crippen LogP contribution in [0.15, 0.2) is 24.3 Å². The SMILES string of the molecule is CCCNC1CCN(C(C)c2cccc(F)c2)C(C)C1. The zero-order chi connectivity index (χ0) is 14.5. The molecule has 3 unspecified atom stereocenters. The number of piperidine rings is 1. The van der Waals surface area contributed by atoms with Crippen LogP contribution in [0.4, 0.5) is 4.39 Å². The largest absolute Gasteiger partial charge is 0.314 e. The van der Waals surface area contributed by atoms with Crippen LogP contribution in [0.25, 0.3) is 0 Å². The Labute approximate surface area is 122 Å². The van der Waals surface area contributed by atoms with E-state index in [2.05, 4.69) is 31.0 Å². The maximum atomic E-state index is 13.4. The van der Waals surface area contributed by atoms with Gasteiger partial charge in [-0.2, -0.15) is 0 Å². The quantitative estimate of drug-likeness (QED) is 0.882. The van der Waals surface area contributed by atoms with Crippen molar-refractivity contribution in [1.29, 1.82) is 0 Å². The van der Waals surface area contributed by atoms with Crippen LogP contribution in [-0.4, -0.2) is 30.1 Å². The second-order valence-corrected chi connectivity index (χ2v) is 5.99. The van der Waals surface area contributed by atoms with Crippen LogP contribution in [0.3, 0.4) is 0 Å². The van der Waals surface area contributed by atoms with Gasteiger partial charge in [0.1, 0.15) is 5.82 Å². The van der Waals surface area contributed by atoms with Crippen molar-refractivity contribution in [1.82, 2.24) is 10.2 Å². The van der Waals surface area contributed by atoms with E-state index < -0.39 is 0 Å². The molecule has 1 fully saturated rings. The summed E-state index contributed by atoms with van der Waals surface area (Å²) < 4.78 is 13.4. The molecule has 1 N–H and O–H groups in total. The van der Waals surface area contributed by atoms with E-state index in [1.54, 1.807) is 12.1 Å². The van der Waals surface area contributed by atoms with Crippen molar-refractivity contribution >= 4 is 0 Å². The summed E-state index contributed by atoms with van der Waals surface area (Å²) in [6.45, 7) is 8.87. The molecule has 0 bridgehead atoms. The molecule has 3 atom stereocenters. The molecular formula is C17H27FN2. The van der Waals surface area contributed by atoms with Gasteiger partial charge < -0.3 is 5.32 Å². The van der Waals surface area contributed by atoms with E-state index in [4.69, 9.17) is 0 Å². The minimum Gasteiger partial charge on any atom is -0.314 e. The lowest BCUT2D eigenvalue weighted by Crippen LogP contribution is -2.48. The molecule has 0 saturated carbocycles. The molecule has 2 rings (SSSR count). The zero-order valence-electron chi connectivity index (χ0n) is 12.9. The Hall–Kier alpha value is -0.930. The van der Waals surface area contributed by atoms with Crippen LogP contribution < -0.4 is 5.32 Å². The highest BCUT2D eigenvalue weighted by molar-refractivity contribution is 5.20. The molecular weight excluding hydrogens is 251 g/mol. The summed E-state index contributed by atoms with van der Waals surface area (Å²) >= 11 is 0. The first-order valence-corrected chi connectivity index (χ1v) is 7.86. The van der Waals surface area contributed by atoms with E-state index in [1.165, 1.54) is 25.3 Å². The zero-order valence-corrected chi connectivity index (χ0v) is 12.9. The Morgan fingerprint density at radius 3 is 2.90 bits per heavy atom. The molecule has 1 aliphatic heterocycles. The van der Waals surface area contributed by atoms with E-state index in [9.17, 15) is 4.39 Å². The van der Waals surface area contributed by atoms with Gasteiger partial charge in [-0.05, 0) is 57.4 Å². The standard InChI is InChI=1S/C17H27FN2/c1-4-9-19-17-8-10-20(13(2)11-17)14(3)15-6-5-7-16(18)12-15/h5-7,12-14,17,19H,4,8-11H2,1-3H3. The number of halogens is 1. The lowest BCUT2D eigenvalue weighted by molar-refractivity contribution is 0.0954. The fourth-order valence-corrected chi connectivity index (χ4v) is 3.26. The Morgan fingerprint density at radius 2 is 2.25 bits per heavy atom. The van der Waals surface area contributed by atoms with Gasteiger partial charge in [0.2, 0.25) is 0 Å². The first-order chi connectivity index (χ1) is 9.61. The summed E-state index contributed by atoms with van der Waals surface area (Å²) in [6, 6.07) is 8.48. The molecule has 0 amide bonds. The van der Waals surface area contributed by atoms with Crippen LogP contribution in [0.2, 0.25) is 0 Å². The van der Waals surface area contributed by atoms with Crippen LogP contribution in [-0.2, 0) is 0 Å². The van der Waals surface area contributed by atoms with Gasteiger partial charge >= 0.3 is 0 Å². The number of hydrogen-bond donors (Lipinski definition) is 1. The van der Waals surface area contributed by atoms with Crippen molar-refractivity contribution in [2.45, 2.75) is 58.2 Å². The van der Waals surface area contributed by atoms with Crippen molar-refractivity contribution in [2.75, 3.05) is 13.1 Å². The second-order valence-electron chi connectivity index (χ2n) is 5.99. The van der Waals surface area contributed by atoms with Gasteiger partial charge in [-0.15, -0.1) is 0 Å². The van der Waals surface area contributed by atoms with Gasteiger partial charge in [0.15, 0.2) is 0 Å². The molecule has 1 saturated heterocycles. The lowest BCUT2D eigenvalue weighted by Gasteiger charge is -2.41. The van der Waals surface area contributed by atoms with Crippen molar-refractivity contribution in [3.05, 3.63) is 35.6 Å². The van der Waals surface area contributed by atoms with E-state index in [0.717, 1.165) is 18.7 Å². The third-order valence-corrected chi connectivity index (χ3v) is 4.44. The number of hydrogen-bond acceptors (Lipinski definition) is 2. The third-order valence-electron chi connectivity index (χ3n) is 4.44. The highest BCUT2D eigenvalue weighted by Crippen LogP contribution is 2.28. The second kappa shape index (κ2) is 7.19. The van der Waals surface area contributed by atoms with Gasteiger partial charge in [0, 0.05) is 24.7 Å². The molecule has 20 heavy (non-hydrogen) atoms. The van der Waals surface area contributed by atoms with Crippen molar-refractivity contribution < 1.29 is 4.39 Å². The molecule has 112 valence electrons. The first kappa shape index (κ1) is 15.5. The van der Waals surface area contributed by atoms with Crippen molar-refractivity contribution in [2.24, 2.45) is 0 Å². The van der Waals surface area contributed by atoms with Gasteiger partial charge in [0.25, 0.3) is 0 Å². The van der Waals surface area contributed by atoms with E-state index in [1.807, 2.05) is 6.07 Å². The number of nitrogens with zero attached hydrogens (tertiary/aromatic N) is 1. The number of rotatable bonds is 5. The molecule has 0 radical (unpaired) electrons. The molecule has 0 aliphatic carbocycles. The topological polar surface area (TPSA) is 15.3 Å². The highest BCUT2D eigenvalue weighted by Gasteiger charge is 2.28. The molecule has 0 spiro atoms. The predicted octanol–water partition coefficient (Wildman–Crippen LogP) is 3.74. The minimum atomic E-state index is -0.137. The molecule has 0 aromatic heterocycles. The van der Waals surface area contributed by atoms with E-state index >= 15 is 0 Å². The fraction of sp³-hybridized carbons (Fsp3) is 0.647. The predicted molar refractivity (Wildman–Crippen MR) is 82.3 cm³/mol. The van der Waals surface area contributed by atoms with Gasteiger partial charge in [-0.1, -0.05) is 19.1 Å². The van der Waals surface area contributed by atoms with Crippen LogP contribution in [0.1, 0.15) is 51.6 Å². The molecule has 1 aliphatic rings. The highest BCUT2D eigenvalue weighted by atomic mass is 19.1. The average molecular weight is 278 g/mol. The summed E-state index contributed by atoms with van der Waals surface area (Å²) in [6.07, 6.45) is 3.55. The lowest BCUT2D eigenvalue weighted by atomic mass is 9.94. The Bertz CT molecular complexity index is 421. The minimum absolute atomic E-state index is 0.137. The van der Waals surface area contributed by atoms with E-state index in [-0.39, 0.29) is 11.9 Å². The van der Waals surface area contributed by atoms with Gasteiger partial charge in [0.05, 0.1) is 0 Å². The molecule has 3 heteroatoms. The fourth-order valence-electron chi connectivity index (χ4n) is 3.26. The maximum absolute atomic E-state index is 13.4. The van der Waals surface area contributed by atoms with Crippen LogP contribution >= 0.6 is 0 Å². The molecule has 2 nitrogen and oxygen atoms in total. The average Bonchev–Trinajstić information content (AvgIpc) is 2.44. The number of likely N-dealkylation sites (tertiary alicyclic amines) is 1. The summed E-state index contributed by atoms with van der Waals surface area (Å²) in [5.41, 5.74) is 1.08. The summed E-state index contributed by atoms with van der Waals surface area (Å²) in [7, 11) is 0. The van der Waals surface area contributed by atoms with Gasteiger partial charge in [-0.25, -0.2) is 4.39 Å². The maximum Gasteiger partial charge on any atom is 0.123 e. The van der Waals surface area contributed by atoms with Crippen LogP contribution in [0.5, 0.6) is 0 Å². The van der Waals surface area contributed by atoms with Gasteiger partial charge in [-0.3, -0.25) is 4.90 Å². The summed E-state index contributed by atoms with van der Waals surface area (Å²) in [5.74, 6) is -0.137. The Kier molecular flexibility index (Phi) is 5.55. The molecule has 1 heterocycles. The normalized spacial score (nSPS) is 25.6. The van der Waals surface area contributed by atoms with Crippen molar-refractivity contribution in [3.8, 4) is 0 Å². The summed E-state index contributed by atoms with van der Waals surface area (Å²) in [4.78, 5) is 2.50. The van der Waals surface area contributed by atoms with Crippen molar-refractivity contribution in [3.63, 3.8) is 0 Å². The first-order valence-electron chi connectivity index (χ1n) is 7.86. The number of benzene rings is 1.